The highest BCUT2D eigenvalue weighted by atomic mass is 32.1. The zero-order chi connectivity index (χ0) is 19.3. The molecule has 0 saturated carbocycles. The number of nitrogens with one attached hydrogen (secondary N) is 1. The molecule has 0 unspecified atom stereocenters. The molecule has 0 spiro atoms. The van der Waals surface area contributed by atoms with Crippen LogP contribution in [-0.4, -0.2) is 53.9 Å². The Morgan fingerprint density at radius 3 is 2.68 bits per heavy atom. The molecule has 3 aromatic rings. The largest absolute Gasteiger partial charge is 0.497 e. The summed E-state index contributed by atoms with van der Waals surface area (Å²) in [7, 11) is 1.64. The molecule has 1 saturated heterocycles. The lowest BCUT2D eigenvalue weighted by Crippen LogP contribution is -2.34. The topological polar surface area (TPSA) is 59.4 Å². The number of ether oxygens (including phenoxy) is 1. The molecule has 2 aromatic heterocycles. The van der Waals surface area contributed by atoms with Crippen molar-refractivity contribution < 1.29 is 9.53 Å². The maximum Gasteiger partial charge on any atom is 0.270 e. The molecule has 7 heteroatoms. The van der Waals surface area contributed by atoms with Crippen molar-refractivity contribution in [3.63, 3.8) is 0 Å². The number of likely N-dealkylation sites (tertiary alicyclic amines) is 1. The van der Waals surface area contributed by atoms with E-state index in [1.807, 2.05) is 47.8 Å². The number of hydrogen-bond acceptors (Lipinski definition) is 5. The smallest absolute Gasteiger partial charge is 0.270 e. The van der Waals surface area contributed by atoms with Crippen LogP contribution in [0.5, 0.6) is 5.75 Å². The van der Waals surface area contributed by atoms with Gasteiger partial charge in [-0.25, -0.2) is 4.68 Å². The Kier molecular flexibility index (Phi) is 5.73. The van der Waals surface area contributed by atoms with Gasteiger partial charge in [-0.2, -0.15) is 5.10 Å². The summed E-state index contributed by atoms with van der Waals surface area (Å²) in [6.07, 6.45) is 2.50. The fraction of sp³-hybridized carbons (Fsp3) is 0.333. The van der Waals surface area contributed by atoms with Crippen molar-refractivity contribution in [2.45, 2.75) is 12.8 Å². The molecule has 0 aliphatic carbocycles. The van der Waals surface area contributed by atoms with Crippen molar-refractivity contribution in [1.82, 2.24) is 20.0 Å². The second kappa shape index (κ2) is 8.58. The summed E-state index contributed by atoms with van der Waals surface area (Å²) in [4.78, 5) is 16.3. The van der Waals surface area contributed by atoms with Gasteiger partial charge in [0.15, 0.2) is 0 Å². The number of rotatable bonds is 7. The zero-order valence-electron chi connectivity index (χ0n) is 15.9. The maximum atomic E-state index is 12.9. The third-order valence-corrected chi connectivity index (χ3v) is 5.84. The summed E-state index contributed by atoms with van der Waals surface area (Å²) in [6, 6.07) is 13.4. The van der Waals surface area contributed by atoms with Crippen LogP contribution in [0.1, 0.15) is 23.3 Å². The van der Waals surface area contributed by atoms with Gasteiger partial charge in [0, 0.05) is 13.1 Å². The van der Waals surface area contributed by atoms with E-state index in [-0.39, 0.29) is 5.91 Å². The molecular formula is C21H24N4O2S. The first-order valence-electron chi connectivity index (χ1n) is 9.53. The molecule has 1 N–H and O–H groups in total. The van der Waals surface area contributed by atoms with Crippen molar-refractivity contribution in [3.05, 3.63) is 53.5 Å². The highest BCUT2D eigenvalue weighted by Crippen LogP contribution is 2.26. The molecule has 0 atom stereocenters. The minimum Gasteiger partial charge on any atom is -0.497 e. The lowest BCUT2D eigenvalue weighted by atomic mass is 10.2. The quantitative estimate of drug-likeness (QED) is 0.665. The molecule has 1 aliphatic heterocycles. The van der Waals surface area contributed by atoms with Crippen LogP contribution in [0.3, 0.4) is 0 Å². The Morgan fingerprint density at radius 2 is 2.00 bits per heavy atom. The molecule has 1 amide bonds. The Balaban J connectivity index is 1.57. The summed E-state index contributed by atoms with van der Waals surface area (Å²) in [5.41, 5.74) is 2.17. The molecule has 0 bridgehead atoms. The predicted octanol–water partition coefficient (Wildman–Crippen LogP) is 3.44. The van der Waals surface area contributed by atoms with Crippen molar-refractivity contribution >= 4 is 17.2 Å². The molecule has 1 fully saturated rings. The van der Waals surface area contributed by atoms with Crippen LogP contribution in [0, 0.1) is 0 Å². The Morgan fingerprint density at radius 1 is 1.21 bits per heavy atom. The first kappa shape index (κ1) is 18.7. The molecule has 1 aliphatic rings. The van der Waals surface area contributed by atoms with E-state index in [0.717, 1.165) is 41.6 Å². The van der Waals surface area contributed by atoms with Crippen molar-refractivity contribution in [3.8, 4) is 22.0 Å². The molecule has 3 heterocycles. The van der Waals surface area contributed by atoms with E-state index < -0.39 is 0 Å². The SMILES string of the molecule is COc1ccc(-n2nc(-c3cccs3)cc2C(=O)NCCN2CCCC2)cc1. The average molecular weight is 397 g/mol. The Hall–Kier alpha value is -2.64. The van der Waals surface area contributed by atoms with Crippen LogP contribution >= 0.6 is 11.3 Å². The molecule has 6 nitrogen and oxygen atoms in total. The van der Waals surface area contributed by atoms with Gasteiger partial charge in [-0.3, -0.25) is 4.79 Å². The molecule has 146 valence electrons. The second-order valence-electron chi connectivity index (χ2n) is 6.81. The third kappa shape index (κ3) is 4.10. The number of amides is 1. The molecule has 28 heavy (non-hydrogen) atoms. The number of nitrogens with zero attached hydrogens (tertiary/aromatic N) is 3. The number of carbonyl (C=O) groups excluding carboxylic acids is 1. The van der Waals surface area contributed by atoms with Gasteiger partial charge >= 0.3 is 0 Å². The van der Waals surface area contributed by atoms with Crippen molar-refractivity contribution in [2.24, 2.45) is 0 Å². The summed E-state index contributed by atoms with van der Waals surface area (Å²) in [5, 5.41) is 9.77. The number of hydrogen-bond donors (Lipinski definition) is 1. The van der Waals surface area contributed by atoms with Gasteiger partial charge in [-0.05, 0) is 67.7 Å². The van der Waals surface area contributed by atoms with E-state index in [2.05, 4.69) is 10.2 Å². The van der Waals surface area contributed by atoms with Crippen molar-refractivity contribution in [1.29, 1.82) is 0 Å². The fourth-order valence-corrected chi connectivity index (χ4v) is 4.11. The Labute approximate surface area is 168 Å². The van der Waals surface area contributed by atoms with Crippen LogP contribution in [0.2, 0.25) is 0 Å². The van der Waals surface area contributed by atoms with E-state index in [0.29, 0.717) is 12.2 Å². The van der Waals surface area contributed by atoms with Gasteiger partial charge in [0.25, 0.3) is 5.91 Å². The first-order chi connectivity index (χ1) is 13.7. The summed E-state index contributed by atoms with van der Waals surface area (Å²) in [6.45, 7) is 3.78. The number of aromatic nitrogens is 2. The lowest BCUT2D eigenvalue weighted by molar-refractivity contribution is 0.0942. The van der Waals surface area contributed by atoms with Crippen LogP contribution in [0.4, 0.5) is 0 Å². The van der Waals surface area contributed by atoms with E-state index >= 15 is 0 Å². The number of benzene rings is 1. The average Bonchev–Trinajstić information content (AvgIpc) is 3.48. The van der Waals surface area contributed by atoms with Crippen LogP contribution in [0.25, 0.3) is 16.3 Å². The number of carbonyl (C=O) groups is 1. The Bertz CT molecular complexity index is 913. The minimum atomic E-state index is -0.106. The lowest BCUT2D eigenvalue weighted by Gasteiger charge is -2.15. The molecule has 1 aromatic carbocycles. The highest BCUT2D eigenvalue weighted by molar-refractivity contribution is 7.13. The zero-order valence-corrected chi connectivity index (χ0v) is 16.7. The summed E-state index contributed by atoms with van der Waals surface area (Å²) < 4.78 is 6.94. The van der Waals surface area contributed by atoms with Crippen LogP contribution in [-0.2, 0) is 0 Å². The number of methoxy groups -OCH3 is 1. The standard InChI is InChI=1S/C21H24N4O2S/c1-27-17-8-6-16(7-9-17)25-19(15-18(23-25)20-5-4-14-28-20)21(26)22-10-13-24-11-2-3-12-24/h4-9,14-15H,2-3,10-13H2,1H3,(H,22,26). The van der Waals surface area contributed by atoms with E-state index in [1.54, 1.807) is 23.1 Å². The van der Waals surface area contributed by atoms with Crippen molar-refractivity contribution in [2.75, 3.05) is 33.3 Å². The normalized spacial score (nSPS) is 14.3. The van der Waals surface area contributed by atoms with Gasteiger partial charge in [0.05, 0.1) is 17.7 Å². The molecule has 4 rings (SSSR count). The monoisotopic (exact) mass is 396 g/mol. The van der Waals surface area contributed by atoms with E-state index in [1.165, 1.54) is 12.8 Å². The minimum absolute atomic E-state index is 0.106. The molecule has 0 radical (unpaired) electrons. The predicted molar refractivity (Wildman–Crippen MR) is 111 cm³/mol. The fourth-order valence-electron chi connectivity index (χ4n) is 3.43. The van der Waals surface area contributed by atoms with Gasteiger partial charge in [-0.15, -0.1) is 11.3 Å². The summed E-state index contributed by atoms with van der Waals surface area (Å²) in [5.74, 6) is 0.663. The van der Waals surface area contributed by atoms with Crippen LogP contribution in [0.15, 0.2) is 47.8 Å². The second-order valence-corrected chi connectivity index (χ2v) is 7.75. The maximum absolute atomic E-state index is 12.9. The van der Waals surface area contributed by atoms with E-state index in [4.69, 9.17) is 9.84 Å². The molecular weight excluding hydrogens is 372 g/mol. The third-order valence-electron chi connectivity index (χ3n) is 4.94. The summed E-state index contributed by atoms with van der Waals surface area (Å²) >= 11 is 1.61. The highest BCUT2D eigenvalue weighted by Gasteiger charge is 2.19. The van der Waals surface area contributed by atoms with Gasteiger partial charge < -0.3 is 15.0 Å². The van der Waals surface area contributed by atoms with E-state index in [9.17, 15) is 4.79 Å². The van der Waals surface area contributed by atoms with Crippen LogP contribution < -0.4 is 10.1 Å². The first-order valence-corrected chi connectivity index (χ1v) is 10.4. The van der Waals surface area contributed by atoms with Gasteiger partial charge in [0.2, 0.25) is 0 Å². The van der Waals surface area contributed by atoms with Gasteiger partial charge in [-0.1, -0.05) is 6.07 Å². The number of thiophene rings is 1. The van der Waals surface area contributed by atoms with Gasteiger partial charge in [0.1, 0.15) is 17.1 Å².